The van der Waals surface area contributed by atoms with Crippen molar-refractivity contribution in [1.29, 1.82) is 0 Å². The molecule has 1 aliphatic heterocycles. The molecule has 1 unspecified atom stereocenters. The van der Waals surface area contributed by atoms with Crippen molar-refractivity contribution in [3.63, 3.8) is 0 Å². The highest BCUT2D eigenvalue weighted by Crippen LogP contribution is 2.27. The molecule has 0 bridgehead atoms. The van der Waals surface area contributed by atoms with Gasteiger partial charge in [-0.3, -0.25) is 4.79 Å². The van der Waals surface area contributed by atoms with Gasteiger partial charge in [0.25, 0.3) is 0 Å². The monoisotopic (exact) mass is 228 g/mol. The molecule has 1 saturated heterocycles. The van der Waals surface area contributed by atoms with Crippen LogP contribution in [0.4, 0.5) is 0 Å². The maximum Gasteiger partial charge on any atom is 0.245 e. The summed E-state index contributed by atoms with van der Waals surface area (Å²) < 4.78 is 2.12. The molecule has 0 radical (unpaired) electrons. The lowest BCUT2D eigenvalue weighted by molar-refractivity contribution is -0.135. The Kier molecular flexibility index (Phi) is 2.39. The van der Waals surface area contributed by atoms with E-state index < -0.39 is 0 Å². The van der Waals surface area contributed by atoms with Gasteiger partial charge in [0, 0.05) is 25.3 Å². The van der Waals surface area contributed by atoms with Crippen molar-refractivity contribution in [2.24, 2.45) is 0 Å². The van der Waals surface area contributed by atoms with Gasteiger partial charge in [0.2, 0.25) is 5.91 Å². The summed E-state index contributed by atoms with van der Waals surface area (Å²) >= 11 is 0. The first-order valence-corrected chi connectivity index (χ1v) is 6.08. The molecule has 3 rings (SSSR count). The third kappa shape index (κ3) is 1.62. The van der Waals surface area contributed by atoms with Crippen LogP contribution >= 0.6 is 0 Å². The predicted octanol–water partition coefficient (Wildman–Crippen LogP) is 2.43. The van der Waals surface area contributed by atoms with Crippen molar-refractivity contribution in [1.82, 2.24) is 9.47 Å². The molecular weight excluding hydrogens is 212 g/mol. The summed E-state index contributed by atoms with van der Waals surface area (Å²) in [5.74, 6) is 0.234. The molecule has 1 amide bonds. The third-order valence-corrected chi connectivity index (χ3v) is 3.60. The van der Waals surface area contributed by atoms with E-state index in [2.05, 4.69) is 22.8 Å². The number of hydrogen-bond acceptors (Lipinski definition) is 1. The van der Waals surface area contributed by atoms with Gasteiger partial charge >= 0.3 is 0 Å². The molecule has 3 nitrogen and oxygen atoms in total. The number of aromatic nitrogens is 1. The van der Waals surface area contributed by atoms with Gasteiger partial charge in [-0.1, -0.05) is 18.2 Å². The van der Waals surface area contributed by atoms with Crippen LogP contribution in [0.2, 0.25) is 0 Å². The number of fused-ring (bicyclic) bond motifs is 1. The first-order valence-electron chi connectivity index (χ1n) is 6.08. The van der Waals surface area contributed by atoms with Gasteiger partial charge in [0.1, 0.15) is 6.04 Å². The van der Waals surface area contributed by atoms with Crippen LogP contribution in [0.3, 0.4) is 0 Å². The van der Waals surface area contributed by atoms with Gasteiger partial charge in [-0.2, -0.15) is 0 Å². The van der Waals surface area contributed by atoms with Gasteiger partial charge in [-0.05, 0) is 30.4 Å². The topological polar surface area (TPSA) is 25.2 Å². The lowest BCUT2D eigenvalue weighted by Gasteiger charge is -2.30. The molecule has 88 valence electrons. The van der Waals surface area contributed by atoms with Crippen LogP contribution in [0.25, 0.3) is 10.9 Å². The fourth-order valence-corrected chi connectivity index (χ4v) is 2.64. The van der Waals surface area contributed by atoms with Crippen LogP contribution < -0.4 is 0 Å². The Morgan fingerprint density at radius 1 is 1.24 bits per heavy atom. The minimum atomic E-state index is -0.0198. The van der Waals surface area contributed by atoms with Crippen molar-refractivity contribution < 1.29 is 4.79 Å². The van der Waals surface area contributed by atoms with Crippen molar-refractivity contribution in [2.75, 3.05) is 13.6 Å². The molecule has 1 fully saturated rings. The SMILES string of the molecule is CN1CCCC(n2ccc3ccccc32)C1=O. The molecule has 0 aliphatic carbocycles. The summed E-state index contributed by atoms with van der Waals surface area (Å²) in [6.07, 6.45) is 4.06. The normalized spacial score (nSPS) is 21.1. The average molecular weight is 228 g/mol. The average Bonchev–Trinajstić information content (AvgIpc) is 2.77. The second-order valence-electron chi connectivity index (χ2n) is 4.70. The summed E-state index contributed by atoms with van der Waals surface area (Å²) in [6, 6.07) is 10.3. The Bertz CT molecular complexity index is 558. The minimum absolute atomic E-state index is 0.0198. The van der Waals surface area contributed by atoms with Gasteiger partial charge in [0.15, 0.2) is 0 Å². The summed E-state index contributed by atoms with van der Waals surface area (Å²) in [5, 5.41) is 1.20. The first-order chi connectivity index (χ1) is 8.27. The van der Waals surface area contributed by atoms with Crippen LogP contribution in [-0.4, -0.2) is 29.0 Å². The Labute approximate surface area is 101 Å². The van der Waals surface area contributed by atoms with Crippen molar-refractivity contribution in [3.05, 3.63) is 36.5 Å². The zero-order chi connectivity index (χ0) is 11.8. The van der Waals surface area contributed by atoms with E-state index in [1.807, 2.05) is 30.3 Å². The largest absolute Gasteiger partial charge is 0.344 e. The second-order valence-corrected chi connectivity index (χ2v) is 4.70. The van der Waals surface area contributed by atoms with E-state index >= 15 is 0 Å². The van der Waals surface area contributed by atoms with Gasteiger partial charge < -0.3 is 9.47 Å². The number of para-hydroxylation sites is 1. The number of amides is 1. The molecule has 2 aromatic rings. The van der Waals surface area contributed by atoms with E-state index in [-0.39, 0.29) is 11.9 Å². The summed E-state index contributed by atoms with van der Waals surface area (Å²) in [6.45, 7) is 0.883. The van der Waals surface area contributed by atoms with Crippen LogP contribution in [0.5, 0.6) is 0 Å². The number of likely N-dealkylation sites (tertiary alicyclic amines) is 1. The molecule has 1 aromatic carbocycles. The van der Waals surface area contributed by atoms with Gasteiger partial charge in [-0.15, -0.1) is 0 Å². The molecule has 1 aliphatic rings. The Morgan fingerprint density at radius 2 is 2.06 bits per heavy atom. The number of carbonyl (C=O) groups is 1. The molecule has 0 spiro atoms. The fourth-order valence-electron chi connectivity index (χ4n) is 2.64. The van der Waals surface area contributed by atoms with Gasteiger partial charge in [0.05, 0.1) is 0 Å². The second kappa shape index (κ2) is 3.91. The van der Waals surface area contributed by atoms with E-state index in [1.54, 1.807) is 0 Å². The molecule has 2 heterocycles. The highest BCUT2D eigenvalue weighted by Gasteiger charge is 2.28. The zero-order valence-electron chi connectivity index (χ0n) is 9.97. The number of carbonyl (C=O) groups excluding carboxylic acids is 1. The molecule has 17 heavy (non-hydrogen) atoms. The highest BCUT2D eigenvalue weighted by molar-refractivity contribution is 5.86. The number of piperidine rings is 1. The number of likely N-dealkylation sites (N-methyl/N-ethyl adjacent to an activating group) is 1. The molecule has 1 aromatic heterocycles. The molecular formula is C14H16N2O. The Balaban J connectivity index is 2.06. The smallest absolute Gasteiger partial charge is 0.245 e. The quantitative estimate of drug-likeness (QED) is 0.736. The van der Waals surface area contributed by atoms with E-state index in [0.29, 0.717) is 0 Å². The minimum Gasteiger partial charge on any atom is -0.344 e. The molecule has 3 heteroatoms. The summed E-state index contributed by atoms with van der Waals surface area (Å²) in [5.41, 5.74) is 1.15. The summed E-state index contributed by atoms with van der Waals surface area (Å²) in [4.78, 5) is 14.0. The van der Waals surface area contributed by atoms with Crippen molar-refractivity contribution in [2.45, 2.75) is 18.9 Å². The van der Waals surface area contributed by atoms with Crippen LogP contribution in [-0.2, 0) is 4.79 Å². The Hall–Kier alpha value is -1.77. The summed E-state index contributed by atoms with van der Waals surface area (Å²) in [7, 11) is 1.89. The molecule has 0 saturated carbocycles. The molecule has 0 N–H and O–H groups in total. The maximum atomic E-state index is 12.2. The maximum absolute atomic E-state index is 12.2. The van der Waals surface area contributed by atoms with Crippen LogP contribution in [0, 0.1) is 0 Å². The first kappa shape index (κ1) is 10.4. The number of hydrogen-bond donors (Lipinski definition) is 0. The van der Waals surface area contributed by atoms with E-state index in [1.165, 1.54) is 5.39 Å². The fraction of sp³-hybridized carbons (Fsp3) is 0.357. The van der Waals surface area contributed by atoms with E-state index in [9.17, 15) is 4.79 Å². The van der Waals surface area contributed by atoms with E-state index in [4.69, 9.17) is 0 Å². The lowest BCUT2D eigenvalue weighted by atomic mass is 10.1. The van der Waals surface area contributed by atoms with Crippen LogP contribution in [0.1, 0.15) is 18.9 Å². The standard InChI is InChI=1S/C14H16N2O/c1-15-9-4-7-13(14(15)17)16-10-8-11-5-2-3-6-12(11)16/h2-3,5-6,8,10,13H,4,7,9H2,1H3. The number of benzene rings is 1. The lowest BCUT2D eigenvalue weighted by Crippen LogP contribution is -2.39. The number of nitrogens with zero attached hydrogens (tertiary/aromatic N) is 2. The van der Waals surface area contributed by atoms with Crippen LogP contribution in [0.15, 0.2) is 36.5 Å². The number of rotatable bonds is 1. The van der Waals surface area contributed by atoms with Gasteiger partial charge in [-0.25, -0.2) is 0 Å². The molecule has 1 atom stereocenters. The highest BCUT2D eigenvalue weighted by atomic mass is 16.2. The Morgan fingerprint density at radius 3 is 2.94 bits per heavy atom. The zero-order valence-corrected chi connectivity index (χ0v) is 9.97. The van der Waals surface area contributed by atoms with Crippen molar-refractivity contribution in [3.8, 4) is 0 Å². The van der Waals surface area contributed by atoms with Crippen molar-refractivity contribution >= 4 is 16.8 Å². The third-order valence-electron chi connectivity index (χ3n) is 3.60. The van der Waals surface area contributed by atoms with E-state index in [0.717, 1.165) is 24.9 Å². The predicted molar refractivity (Wildman–Crippen MR) is 67.8 cm³/mol.